The Balaban J connectivity index is 1.93. The third-order valence-corrected chi connectivity index (χ3v) is 5.07. The highest BCUT2D eigenvalue weighted by Gasteiger charge is 2.31. The summed E-state index contributed by atoms with van der Waals surface area (Å²) in [5.74, 6) is 0.815. The Labute approximate surface area is 153 Å². The maximum atomic E-state index is 6.53. The van der Waals surface area contributed by atoms with E-state index in [1.807, 2.05) is 22.9 Å². The van der Waals surface area contributed by atoms with Gasteiger partial charge in [0.25, 0.3) is 0 Å². The lowest BCUT2D eigenvalue weighted by Gasteiger charge is -2.38. The molecule has 8 heteroatoms. The Morgan fingerprint density at radius 3 is 2.64 bits per heavy atom. The van der Waals surface area contributed by atoms with E-state index in [1.54, 1.807) is 7.11 Å². The van der Waals surface area contributed by atoms with Gasteiger partial charge in [-0.1, -0.05) is 36.7 Å². The lowest BCUT2D eigenvalue weighted by atomic mass is 10.0. The highest BCUT2D eigenvalue weighted by Crippen LogP contribution is 2.32. The number of piperazine rings is 1. The number of nitrogens with zero attached hydrogens (tertiary/aromatic N) is 6. The van der Waals surface area contributed by atoms with Crippen LogP contribution >= 0.6 is 11.6 Å². The van der Waals surface area contributed by atoms with Crippen molar-refractivity contribution in [3.05, 3.63) is 40.7 Å². The fourth-order valence-electron chi connectivity index (χ4n) is 3.28. The molecule has 0 saturated carbocycles. The fraction of sp³-hybridized carbons (Fsp3) is 0.588. The van der Waals surface area contributed by atoms with Crippen LogP contribution in [0, 0.1) is 0 Å². The van der Waals surface area contributed by atoms with E-state index in [1.165, 1.54) is 0 Å². The minimum absolute atomic E-state index is 0.0560. The van der Waals surface area contributed by atoms with E-state index >= 15 is 0 Å². The first kappa shape index (κ1) is 18.3. The Bertz CT molecular complexity index is 671. The van der Waals surface area contributed by atoms with Gasteiger partial charge in [0.1, 0.15) is 0 Å². The van der Waals surface area contributed by atoms with Crippen molar-refractivity contribution >= 4 is 11.6 Å². The predicted octanol–water partition coefficient (Wildman–Crippen LogP) is 1.70. The second-order valence-electron chi connectivity index (χ2n) is 6.15. The first-order chi connectivity index (χ1) is 12.2. The molecule has 2 heterocycles. The van der Waals surface area contributed by atoms with Gasteiger partial charge in [-0.3, -0.25) is 4.90 Å². The Hall–Kier alpha value is -1.54. The summed E-state index contributed by atoms with van der Waals surface area (Å²) in [4.78, 5) is 4.87. The molecule has 0 amide bonds. The molecular formula is C17H25ClN6O. The Kier molecular flexibility index (Phi) is 6.36. The molecule has 7 nitrogen and oxygen atoms in total. The molecule has 0 radical (unpaired) electrons. The Morgan fingerprint density at radius 2 is 1.96 bits per heavy atom. The van der Waals surface area contributed by atoms with Crippen molar-refractivity contribution < 1.29 is 4.74 Å². The number of hydrogen-bond acceptors (Lipinski definition) is 6. The van der Waals surface area contributed by atoms with Crippen LogP contribution in [0.25, 0.3) is 0 Å². The van der Waals surface area contributed by atoms with Crippen molar-refractivity contribution in [2.75, 3.05) is 46.4 Å². The van der Waals surface area contributed by atoms with Gasteiger partial charge in [0, 0.05) is 38.3 Å². The molecular weight excluding hydrogens is 340 g/mol. The fourth-order valence-corrected chi connectivity index (χ4v) is 3.52. The molecule has 0 unspecified atom stereocenters. The van der Waals surface area contributed by atoms with Gasteiger partial charge in [0.05, 0.1) is 19.2 Å². The third kappa shape index (κ3) is 4.17. The molecule has 0 spiro atoms. The standard InChI is InChI=1S/C17H25ClN6O/c1-3-22-8-10-23(11-9-22)16(14-6-4-5-7-15(14)18)17-19-20-21-24(17)12-13-25-2/h4-7,16H,3,8-13H2,1-2H3/t16-/m0/s1. The van der Waals surface area contributed by atoms with Crippen molar-refractivity contribution in [2.45, 2.75) is 19.5 Å². The lowest BCUT2D eigenvalue weighted by molar-refractivity contribution is 0.107. The van der Waals surface area contributed by atoms with Crippen molar-refractivity contribution in [1.29, 1.82) is 0 Å². The number of tetrazole rings is 1. The Morgan fingerprint density at radius 1 is 1.20 bits per heavy atom. The molecule has 1 fully saturated rings. The molecule has 136 valence electrons. The second kappa shape index (κ2) is 8.71. The van der Waals surface area contributed by atoms with E-state index in [0.717, 1.165) is 49.1 Å². The zero-order valence-corrected chi connectivity index (χ0v) is 15.6. The smallest absolute Gasteiger partial charge is 0.173 e. The van der Waals surface area contributed by atoms with Crippen LogP contribution in [0.5, 0.6) is 0 Å². The predicted molar refractivity (Wildman–Crippen MR) is 96.7 cm³/mol. The molecule has 2 aromatic rings. The first-order valence-electron chi connectivity index (χ1n) is 8.70. The van der Waals surface area contributed by atoms with Gasteiger partial charge in [-0.25, -0.2) is 4.68 Å². The van der Waals surface area contributed by atoms with Crippen LogP contribution in [0.2, 0.25) is 5.02 Å². The van der Waals surface area contributed by atoms with Gasteiger partial charge in [0.2, 0.25) is 0 Å². The van der Waals surface area contributed by atoms with Gasteiger partial charge < -0.3 is 9.64 Å². The molecule has 1 aromatic heterocycles. The first-order valence-corrected chi connectivity index (χ1v) is 9.08. The van der Waals surface area contributed by atoms with Crippen molar-refractivity contribution in [3.8, 4) is 0 Å². The molecule has 25 heavy (non-hydrogen) atoms. The van der Waals surface area contributed by atoms with Crippen LogP contribution in [-0.4, -0.2) is 76.4 Å². The van der Waals surface area contributed by atoms with E-state index in [9.17, 15) is 0 Å². The van der Waals surface area contributed by atoms with Crippen LogP contribution in [-0.2, 0) is 11.3 Å². The monoisotopic (exact) mass is 364 g/mol. The molecule has 0 aliphatic carbocycles. The number of benzene rings is 1. The summed E-state index contributed by atoms with van der Waals surface area (Å²) in [5.41, 5.74) is 1.04. The molecule has 1 saturated heterocycles. The number of aromatic nitrogens is 4. The summed E-state index contributed by atoms with van der Waals surface area (Å²) in [7, 11) is 1.68. The van der Waals surface area contributed by atoms with E-state index in [-0.39, 0.29) is 6.04 Å². The van der Waals surface area contributed by atoms with Crippen molar-refractivity contribution in [1.82, 2.24) is 30.0 Å². The highest BCUT2D eigenvalue weighted by atomic mass is 35.5. The summed E-state index contributed by atoms with van der Waals surface area (Å²) < 4.78 is 7.01. The van der Waals surface area contributed by atoms with Gasteiger partial charge >= 0.3 is 0 Å². The summed E-state index contributed by atoms with van der Waals surface area (Å²) in [6, 6.07) is 7.90. The summed E-state index contributed by atoms with van der Waals surface area (Å²) in [5, 5.41) is 13.1. The number of ether oxygens (including phenoxy) is 1. The molecule has 1 aromatic carbocycles. The zero-order valence-electron chi connectivity index (χ0n) is 14.8. The van der Waals surface area contributed by atoms with Gasteiger partial charge in [0.15, 0.2) is 5.82 Å². The van der Waals surface area contributed by atoms with Gasteiger partial charge in [-0.2, -0.15) is 0 Å². The van der Waals surface area contributed by atoms with Crippen LogP contribution in [0.15, 0.2) is 24.3 Å². The molecule has 3 rings (SSSR count). The van der Waals surface area contributed by atoms with Crippen LogP contribution in [0.3, 0.4) is 0 Å². The zero-order chi connectivity index (χ0) is 17.6. The maximum absolute atomic E-state index is 6.53. The number of rotatable bonds is 7. The largest absolute Gasteiger partial charge is 0.383 e. The number of hydrogen-bond donors (Lipinski definition) is 0. The average Bonchev–Trinajstić information content (AvgIpc) is 3.10. The van der Waals surface area contributed by atoms with Gasteiger partial charge in [-0.05, 0) is 28.6 Å². The minimum Gasteiger partial charge on any atom is -0.383 e. The quantitative estimate of drug-likeness (QED) is 0.745. The second-order valence-corrected chi connectivity index (χ2v) is 6.55. The molecule has 0 bridgehead atoms. The summed E-state index contributed by atoms with van der Waals surface area (Å²) >= 11 is 6.53. The SMILES string of the molecule is CCN1CCN([C@@H](c2ccccc2Cl)c2nnnn2CCOC)CC1. The van der Waals surface area contributed by atoms with E-state index in [4.69, 9.17) is 16.3 Å². The average molecular weight is 365 g/mol. The highest BCUT2D eigenvalue weighted by molar-refractivity contribution is 6.31. The number of halogens is 1. The molecule has 1 aliphatic heterocycles. The van der Waals surface area contributed by atoms with Crippen LogP contribution in [0.4, 0.5) is 0 Å². The van der Waals surface area contributed by atoms with Crippen molar-refractivity contribution in [2.24, 2.45) is 0 Å². The minimum atomic E-state index is -0.0560. The topological polar surface area (TPSA) is 59.3 Å². The normalized spacial score (nSPS) is 17.7. The summed E-state index contributed by atoms with van der Waals surface area (Å²) in [6.07, 6.45) is 0. The van der Waals surface area contributed by atoms with Crippen LogP contribution < -0.4 is 0 Å². The number of likely N-dealkylation sites (N-methyl/N-ethyl adjacent to an activating group) is 1. The van der Waals surface area contributed by atoms with Crippen molar-refractivity contribution in [3.63, 3.8) is 0 Å². The van der Waals surface area contributed by atoms with E-state index in [0.29, 0.717) is 13.2 Å². The van der Waals surface area contributed by atoms with E-state index < -0.39 is 0 Å². The van der Waals surface area contributed by atoms with E-state index in [2.05, 4.69) is 38.3 Å². The van der Waals surface area contributed by atoms with Crippen LogP contribution in [0.1, 0.15) is 24.4 Å². The molecule has 0 N–H and O–H groups in total. The molecule has 1 atom stereocenters. The lowest BCUT2D eigenvalue weighted by Crippen LogP contribution is -2.48. The van der Waals surface area contributed by atoms with Gasteiger partial charge in [-0.15, -0.1) is 5.10 Å². The summed E-state index contributed by atoms with van der Waals surface area (Å²) in [6.45, 7) is 8.46. The number of methoxy groups -OCH3 is 1. The molecule has 1 aliphatic rings. The maximum Gasteiger partial charge on any atom is 0.173 e. The third-order valence-electron chi connectivity index (χ3n) is 4.73.